The normalized spacial score (nSPS) is 19.0. The molecule has 2 aromatic heterocycles. The average Bonchev–Trinajstić information content (AvgIpc) is 2.77. The Morgan fingerprint density at radius 1 is 1.17 bits per heavy atom. The average molecular weight is 393 g/mol. The smallest absolute Gasteiger partial charge is 0.223 e. The molecule has 2 aromatic rings. The van der Waals surface area contributed by atoms with E-state index in [1.807, 2.05) is 28.1 Å². The SMILES string of the molecule is CC(=O)N1CCc2nc(C3CCCCN3C(=O)CCc3ccncc3)ncc2C1. The topological polar surface area (TPSA) is 79.3 Å². The van der Waals surface area contributed by atoms with Gasteiger partial charge in [0, 0.05) is 63.6 Å². The van der Waals surface area contributed by atoms with Gasteiger partial charge >= 0.3 is 0 Å². The molecule has 0 radical (unpaired) electrons. The number of aromatic nitrogens is 3. The van der Waals surface area contributed by atoms with Crippen LogP contribution in [0.15, 0.2) is 30.7 Å². The van der Waals surface area contributed by atoms with E-state index in [1.54, 1.807) is 19.3 Å². The van der Waals surface area contributed by atoms with E-state index in [2.05, 4.69) is 9.97 Å². The first kappa shape index (κ1) is 19.5. The van der Waals surface area contributed by atoms with Gasteiger partial charge in [-0.2, -0.15) is 0 Å². The number of hydrogen-bond acceptors (Lipinski definition) is 5. The molecule has 2 aliphatic rings. The summed E-state index contributed by atoms with van der Waals surface area (Å²) >= 11 is 0. The molecule has 152 valence electrons. The van der Waals surface area contributed by atoms with E-state index in [-0.39, 0.29) is 17.9 Å². The lowest BCUT2D eigenvalue weighted by molar-refractivity contribution is -0.135. The van der Waals surface area contributed by atoms with E-state index in [0.717, 1.165) is 61.3 Å². The van der Waals surface area contributed by atoms with Crippen LogP contribution in [-0.4, -0.2) is 49.7 Å². The summed E-state index contributed by atoms with van der Waals surface area (Å²) in [5.74, 6) is 0.991. The molecule has 0 aliphatic carbocycles. The van der Waals surface area contributed by atoms with E-state index < -0.39 is 0 Å². The van der Waals surface area contributed by atoms with Gasteiger partial charge in [0.25, 0.3) is 0 Å². The molecule has 4 heterocycles. The zero-order chi connectivity index (χ0) is 20.2. The highest BCUT2D eigenvalue weighted by atomic mass is 16.2. The molecular weight excluding hydrogens is 366 g/mol. The zero-order valence-corrected chi connectivity index (χ0v) is 16.9. The summed E-state index contributed by atoms with van der Waals surface area (Å²) in [6, 6.07) is 3.86. The van der Waals surface area contributed by atoms with Crippen LogP contribution in [0.2, 0.25) is 0 Å². The third-order valence-electron chi connectivity index (χ3n) is 5.90. The Kier molecular flexibility index (Phi) is 5.83. The van der Waals surface area contributed by atoms with Crippen LogP contribution in [-0.2, 0) is 29.0 Å². The Labute approximate surface area is 171 Å². The first-order valence-corrected chi connectivity index (χ1v) is 10.4. The Morgan fingerprint density at radius 3 is 2.79 bits per heavy atom. The standard InChI is InChI=1S/C22H27N5O2/c1-16(28)26-13-9-19-18(15-26)14-24-22(25-19)20-4-2-3-12-27(20)21(29)6-5-17-7-10-23-11-8-17/h7-8,10-11,14,20H,2-6,9,12-13,15H2,1H3. The van der Waals surface area contributed by atoms with Crippen molar-refractivity contribution in [1.29, 1.82) is 0 Å². The van der Waals surface area contributed by atoms with Crippen molar-refractivity contribution in [3.63, 3.8) is 0 Å². The molecule has 0 bridgehead atoms. The van der Waals surface area contributed by atoms with Crippen LogP contribution in [0.3, 0.4) is 0 Å². The van der Waals surface area contributed by atoms with Crippen molar-refractivity contribution in [2.45, 2.75) is 58.0 Å². The minimum Gasteiger partial charge on any atom is -0.338 e. The van der Waals surface area contributed by atoms with Crippen molar-refractivity contribution in [2.24, 2.45) is 0 Å². The fourth-order valence-corrected chi connectivity index (χ4v) is 4.20. The number of fused-ring (bicyclic) bond motifs is 1. The maximum atomic E-state index is 13.0. The van der Waals surface area contributed by atoms with Gasteiger partial charge in [-0.05, 0) is 43.4 Å². The number of aryl methyl sites for hydroxylation is 1. The second kappa shape index (κ2) is 8.68. The van der Waals surface area contributed by atoms with Gasteiger partial charge in [0.2, 0.25) is 11.8 Å². The molecule has 0 aromatic carbocycles. The molecule has 0 N–H and O–H groups in total. The van der Waals surface area contributed by atoms with Crippen LogP contribution >= 0.6 is 0 Å². The first-order chi connectivity index (χ1) is 14.1. The van der Waals surface area contributed by atoms with Crippen molar-refractivity contribution >= 4 is 11.8 Å². The second-order valence-corrected chi connectivity index (χ2v) is 7.84. The zero-order valence-electron chi connectivity index (χ0n) is 16.9. The first-order valence-electron chi connectivity index (χ1n) is 10.4. The summed E-state index contributed by atoms with van der Waals surface area (Å²) in [7, 11) is 0. The maximum Gasteiger partial charge on any atom is 0.223 e. The van der Waals surface area contributed by atoms with Crippen LogP contribution in [0, 0.1) is 0 Å². The van der Waals surface area contributed by atoms with Crippen LogP contribution in [0.1, 0.15) is 61.3 Å². The summed E-state index contributed by atoms with van der Waals surface area (Å²) in [5.41, 5.74) is 3.16. The van der Waals surface area contributed by atoms with Crippen molar-refractivity contribution < 1.29 is 9.59 Å². The molecule has 0 spiro atoms. The molecular formula is C22H27N5O2. The van der Waals surface area contributed by atoms with Gasteiger partial charge < -0.3 is 9.80 Å². The number of piperidine rings is 1. The molecule has 2 amide bonds. The summed E-state index contributed by atoms with van der Waals surface area (Å²) in [6.45, 7) is 3.62. The van der Waals surface area contributed by atoms with E-state index in [0.29, 0.717) is 19.5 Å². The van der Waals surface area contributed by atoms with E-state index >= 15 is 0 Å². The summed E-state index contributed by atoms with van der Waals surface area (Å²) in [6.07, 6.45) is 10.3. The Morgan fingerprint density at radius 2 is 2.00 bits per heavy atom. The number of carbonyl (C=O) groups excluding carboxylic acids is 2. The maximum absolute atomic E-state index is 13.0. The minimum absolute atomic E-state index is 0.0511. The monoisotopic (exact) mass is 393 g/mol. The summed E-state index contributed by atoms with van der Waals surface area (Å²) in [5, 5.41) is 0. The molecule has 4 rings (SSSR count). The highest BCUT2D eigenvalue weighted by Gasteiger charge is 2.31. The van der Waals surface area contributed by atoms with Gasteiger partial charge in [0.1, 0.15) is 0 Å². The highest BCUT2D eigenvalue weighted by Crippen LogP contribution is 2.30. The van der Waals surface area contributed by atoms with Crippen molar-refractivity contribution in [3.05, 3.63) is 53.4 Å². The Balaban J connectivity index is 1.47. The fourth-order valence-electron chi connectivity index (χ4n) is 4.20. The number of hydrogen-bond donors (Lipinski definition) is 0. The predicted molar refractivity (Wildman–Crippen MR) is 108 cm³/mol. The van der Waals surface area contributed by atoms with Crippen molar-refractivity contribution in [3.8, 4) is 0 Å². The third kappa shape index (κ3) is 4.44. The number of carbonyl (C=O) groups is 2. The molecule has 1 saturated heterocycles. The van der Waals surface area contributed by atoms with Gasteiger partial charge in [-0.1, -0.05) is 0 Å². The Bertz CT molecular complexity index is 886. The molecule has 1 unspecified atom stereocenters. The molecule has 2 aliphatic heterocycles. The van der Waals surface area contributed by atoms with Crippen molar-refractivity contribution in [2.75, 3.05) is 13.1 Å². The number of pyridine rings is 1. The molecule has 1 atom stereocenters. The Hall–Kier alpha value is -2.83. The molecule has 1 fully saturated rings. The summed E-state index contributed by atoms with van der Waals surface area (Å²) < 4.78 is 0. The van der Waals surface area contributed by atoms with Crippen LogP contribution in [0.25, 0.3) is 0 Å². The quantitative estimate of drug-likeness (QED) is 0.797. The van der Waals surface area contributed by atoms with Gasteiger partial charge in [-0.3, -0.25) is 14.6 Å². The fraction of sp³-hybridized carbons (Fsp3) is 0.500. The lowest BCUT2D eigenvalue weighted by Gasteiger charge is -2.35. The molecule has 7 nitrogen and oxygen atoms in total. The lowest BCUT2D eigenvalue weighted by atomic mass is 9.99. The summed E-state index contributed by atoms with van der Waals surface area (Å²) in [4.78, 5) is 41.9. The molecule has 0 saturated carbocycles. The molecule has 7 heteroatoms. The minimum atomic E-state index is -0.0511. The third-order valence-corrected chi connectivity index (χ3v) is 5.90. The van der Waals surface area contributed by atoms with Crippen molar-refractivity contribution in [1.82, 2.24) is 24.8 Å². The number of nitrogens with zero attached hydrogens (tertiary/aromatic N) is 5. The molecule has 29 heavy (non-hydrogen) atoms. The van der Waals surface area contributed by atoms with Crippen LogP contribution in [0.5, 0.6) is 0 Å². The van der Waals surface area contributed by atoms with Gasteiger partial charge in [0.15, 0.2) is 5.82 Å². The number of likely N-dealkylation sites (tertiary alicyclic amines) is 1. The van der Waals surface area contributed by atoms with E-state index in [1.165, 1.54) is 0 Å². The van der Waals surface area contributed by atoms with Crippen LogP contribution < -0.4 is 0 Å². The predicted octanol–water partition coefficient (Wildman–Crippen LogP) is 2.46. The largest absolute Gasteiger partial charge is 0.338 e. The number of amides is 2. The lowest BCUT2D eigenvalue weighted by Crippen LogP contribution is -2.40. The number of rotatable bonds is 4. The van der Waals surface area contributed by atoms with E-state index in [4.69, 9.17) is 4.98 Å². The van der Waals surface area contributed by atoms with Crippen LogP contribution in [0.4, 0.5) is 0 Å². The van der Waals surface area contributed by atoms with Gasteiger partial charge in [-0.15, -0.1) is 0 Å². The second-order valence-electron chi connectivity index (χ2n) is 7.84. The highest BCUT2D eigenvalue weighted by molar-refractivity contribution is 5.77. The van der Waals surface area contributed by atoms with E-state index in [9.17, 15) is 9.59 Å². The van der Waals surface area contributed by atoms with Gasteiger partial charge in [0.05, 0.1) is 11.7 Å². The van der Waals surface area contributed by atoms with Gasteiger partial charge in [-0.25, -0.2) is 9.97 Å².